The maximum absolute atomic E-state index is 12.4. The number of hydrogen-bond acceptors (Lipinski definition) is 5. The Labute approximate surface area is 156 Å². The Hall–Kier alpha value is -2.75. The van der Waals surface area contributed by atoms with Gasteiger partial charge in [-0.3, -0.25) is 4.68 Å². The first-order chi connectivity index (χ1) is 13.0. The van der Waals surface area contributed by atoms with E-state index in [9.17, 15) is 8.42 Å². The highest BCUT2D eigenvalue weighted by molar-refractivity contribution is 7.89. The SMILES string of the molecule is COCCNS(=O)(=O)c1cccc(-c2cc3c(ncc4c[nH]n(C)c43)n2)c1. The molecule has 4 aromatic rings. The second-order valence-electron chi connectivity index (χ2n) is 6.19. The van der Waals surface area contributed by atoms with Gasteiger partial charge in [0, 0.05) is 49.4 Å². The summed E-state index contributed by atoms with van der Waals surface area (Å²) in [6.07, 6.45) is 3.65. The zero-order chi connectivity index (χ0) is 19.0. The van der Waals surface area contributed by atoms with Crippen molar-refractivity contribution in [2.45, 2.75) is 4.90 Å². The van der Waals surface area contributed by atoms with E-state index in [1.807, 2.05) is 30.1 Å². The van der Waals surface area contributed by atoms with Crippen LogP contribution in [-0.4, -0.2) is 48.4 Å². The third-order valence-corrected chi connectivity index (χ3v) is 5.85. The molecule has 140 valence electrons. The lowest BCUT2D eigenvalue weighted by Gasteiger charge is -2.07. The van der Waals surface area contributed by atoms with Crippen molar-refractivity contribution in [3.8, 4) is 11.3 Å². The number of sulfonamides is 1. The molecule has 0 aliphatic rings. The van der Waals surface area contributed by atoms with Gasteiger partial charge in [0.2, 0.25) is 10.0 Å². The molecule has 3 aromatic heterocycles. The van der Waals surface area contributed by atoms with Gasteiger partial charge in [-0.05, 0) is 18.2 Å². The van der Waals surface area contributed by atoms with Crippen molar-refractivity contribution >= 4 is 32.0 Å². The summed E-state index contributed by atoms with van der Waals surface area (Å²) in [5.41, 5.74) is 3.03. The Morgan fingerprint density at radius 3 is 2.96 bits per heavy atom. The van der Waals surface area contributed by atoms with Crippen LogP contribution < -0.4 is 4.72 Å². The number of aromatic nitrogens is 4. The number of H-pyrrole nitrogens is 1. The number of hydrogen-bond donors (Lipinski definition) is 2. The second-order valence-corrected chi connectivity index (χ2v) is 7.96. The van der Waals surface area contributed by atoms with Crippen molar-refractivity contribution in [3.63, 3.8) is 0 Å². The molecular weight excluding hydrogens is 366 g/mol. The number of aryl methyl sites for hydroxylation is 1. The van der Waals surface area contributed by atoms with Crippen molar-refractivity contribution < 1.29 is 13.2 Å². The van der Waals surface area contributed by atoms with Crippen LogP contribution in [0.5, 0.6) is 0 Å². The molecule has 0 saturated carbocycles. The lowest BCUT2D eigenvalue weighted by molar-refractivity contribution is 0.204. The average molecular weight is 385 g/mol. The van der Waals surface area contributed by atoms with Crippen molar-refractivity contribution in [3.05, 3.63) is 42.7 Å². The summed E-state index contributed by atoms with van der Waals surface area (Å²) in [5.74, 6) is 0. The van der Waals surface area contributed by atoms with Gasteiger partial charge in [0.05, 0.1) is 22.7 Å². The smallest absolute Gasteiger partial charge is 0.240 e. The number of pyridine rings is 1. The van der Waals surface area contributed by atoms with Gasteiger partial charge in [-0.15, -0.1) is 0 Å². The van der Waals surface area contributed by atoms with Crippen LogP contribution >= 0.6 is 0 Å². The average Bonchev–Trinajstić information content (AvgIpc) is 3.25. The van der Waals surface area contributed by atoms with E-state index in [-0.39, 0.29) is 11.4 Å². The molecule has 0 radical (unpaired) electrons. The highest BCUT2D eigenvalue weighted by atomic mass is 32.2. The van der Waals surface area contributed by atoms with E-state index in [0.717, 1.165) is 16.3 Å². The van der Waals surface area contributed by atoms with Crippen molar-refractivity contribution in [2.75, 3.05) is 20.3 Å². The molecule has 27 heavy (non-hydrogen) atoms. The minimum atomic E-state index is -3.61. The number of aromatic amines is 1. The van der Waals surface area contributed by atoms with E-state index in [1.165, 1.54) is 7.11 Å². The number of nitrogens with one attached hydrogen (secondary N) is 2. The fraction of sp³-hybridized carbons (Fsp3) is 0.222. The van der Waals surface area contributed by atoms with Crippen molar-refractivity contribution in [2.24, 2.45) is 7.05 Å². The number of ether oxygens (including phenoxy) is 1. The number of nitrogens with zero attached hydrogens (tertiary/aromatic N) is 3. The summed E-state index contributed by atoms with van der Waals surface area (Å²) >= 11 is 0. The van der Waals surface area contributed by atoms with Gasteiger partial charge >= 0.3 is 0 Å². The topological polar surface area (TPSA) is 102 Å². The van der Waals surface area contributed by atoms with E-state index in [4.69, 9.17) is 4.74 Å². The Bertz CT molecular complexity index is 1230. The predicted octanol–water partition coefficient (Wildman–Crippen LogP) is 2.04. The molecule has 8 nitrogen and oxygen atoms in total. The molecule has 0 aliphatic heterocycles. The molecule has 4 rings (SSSR count). The lowest BCUT2D eigenvalue weighted by atomic mass is 10.1. The Morgan fingerprint density at radius 2 is 2.15 bits per heavy atom. The Morgan fingerprint density at radius 1 is 1.30 bits per heavy atom. The van der Waals surface area contributed by atoms with Crippen LogP contribution in [0.1, 0.15) is 0 Å². The number of methoxy groups -OCH3 is 1. The zero-order valence-corrected chi connectivity index (χ0v) is 15.7. The molecule has 0 bridgehead atoms. The Kier molecular flexibility index (Phi) is 4.42. The molecule has 0 aliphatic carbocycles. The molecule has 1 aromatic carbocycles. The van der Waals surface area contributed by atoms with Crippen LogP contribution in [0.25, 0.3) is 33.2 Å². The summed E-state index contributed by atoms with van der Waals surface area (Å²) in [6, 6.07) is 8.65. The van der Waals surface area contributed by atoms with Gasteiger partial charge in [0.1, 0.15) is 0 Å². The van der Waals surface area contributed by atoms with Crippen LogP contribution in [0, 0.1) is 0 Å². The first kappa shape index (κ1) is 17.7. The quantitative estimate of drug-likeness (QED) is 0.495. The summed E-state index contributed by atoms with van der Waals surface area (Å²) in [4.78, 5) is 9.17. The molecule has 0 amide bonds. The second kappa shape index (κ2) is 6.76. The fourth-order valence-corrected chi connectivity index (χ4v) is 4.13. The number of rotatable bonds is 6. The molecule has 0 spiro atoms. The van der Waals surface area contributed by atoms with E-state index < -0.39 is 10.0 Å². The Balaban J connectivity index is 1.76. The van der Waals surface area contributed by atoms with Crippen LogP contribution in [-0.2, 0) is 21.8 Å². The third kappa shape index (κ3) is 3.20. The van der Waals surface area contributed by atoms with E-state index in [0.29, 0.717) is 23.5 Å². The van der Waals surface area contributed by atoms with Crippen LogP contribution in [0.15, 0.2) is 47.6 Å². The monoisotopic (exact) mass is 385 g/mol. The van der Waals surface area contributed by atoms with Gasteiger partial charge < -0.3 is 9.84 Å². The van der Waals surface area contributed by atoms with Gasteiger partial charge in [0.25, 0.3) is 0 Å². The van der Waals surface area contributed by atoms with Gasteiger partial charge in [-0.25, -0.2) is 23.1 Å². The van der Waals surface area contributed by atoms with Crippen molar-refractivity contribution in [1.82, 2.24) is 24.5 Å². The van der Waals surface area contributed by atoms with E-state index in [2.05, 4.69) is 19.8 Å². The molecule has 0 saturated heterocycles. The molecule has 0 unspecified atom stereocenters. The highest BCUT2D eigenvalue weighted by Crippen LogP contribution is 2.29. The summed E-state index contributed by atoms with van der Waals surface area (Å²) in [6.45, 7) is 0.525. The minimum absolute atomic E-state index is 0.188. The normalized spacial score (nSPS) is 12.2. The molecule has 0 fully saturated rings. The first-order valence-electron chi connectivity index (χ1n) is 8.38. The molecule has 2 N–H and O–H groups in total. The first-order valence-corrected chi connectivity index (χ1v) is 9.86. The molecule has 0 atom stereocenters. The van der Waals surface area contributed by atoms with Crippen LogP contribution in [0.2, 0.25) is 0 Å². The zero-order valence-electron chi connectivity index (χ0n) is 14.9. The largest absolute Gasteiger partial charge is 0.383 e. The lowest BCUT2D eigenvalue weighted by Crippen LogP contribution is -2.27. The number of fused-ring (bicyclic) bond motifs is 3. The maximum Gasteiger partial charge on any atom is 0.240 e. The minimum Gasteiger partial charge on any atom is -0.383 e. The predicted molar refractivity (Wildman–Crippen MR) is 103 cm³/mol. The van der Waals surface area contributed by atoms with E-state index >= 15 is 0 Å². The molecular formula is C18H19N5O3S. The standard InChI is InChI=1S/C18H19N5O3S/c1-23-17-13(11-20-23)10-19-18-15(17)9-16(22-18)12-4-3-5-14(8-12)27(24,25)21-6-7-26-2/h3-5,8-11,20-21H,6-7H2,1-2H3. The van der Waals surface area contributed by atoms with Gasteiger partial charge in [-0.1, -0.05) is 12.1 Å². The molecule has 9 heteroatoms. The summed E-state index contributed by atoms with van der Waals surface area (Å²) in [7, 11) is -0.160. The van der Waals surface area contributed by atoms with E-state index in [1.54, 1.807) is 24.4 Å². The summed E-state index contributed by atoms with van der Waals surface area (Å²) < 4.78 is 34.2. The summed E-state index contributed by atoms with van der Waals surface area (Å²) in [5, 5.41) is 5.03. The number of benzene rings is 1. The van der Waals surface area contributed by atoms with Gasteiger partial charge in [0.15, 0.2) is 5.65 Å². The van der Waals surface area contributed by atoms with Crippen LogP contribution in [0.3, 0.4) is 0 Å². The fourth-order valence-electron chi connectivity index (χ4n) is 3.07. The maximum atomic E-state index is 12.4. The van der Waals surface area contributed by atoms with Crippen LogP contribution in [0.4, 0.5) is 0 Å². The van der Waals surface area contributed by atoms with Gasteiger partial charge in [-0.2, -0.15) is 0 Å². The molecule has 3 heterocycles. The highest BCUT2D eigenvalue weighted by Gasteiger charge is 2.16. The third-order valence-electron chi connectivity index (χ3n) is 4.39. The van der Waals surface area contributed by atoms with Crippen molar-refractivity contribution in [1.29, 1.82) is 0 Å².